The van der Waals surface area contributed by atoms with Gasteiger partial charge in [0.1, 0.15) is 6.61 Å². The van der Waals surface area contributed by atoms with E-state index in [2.05, 4.69) is 34.5 Å². The number of hydrogen-bond donors (Lipinski definition) is 1. The van der Waals surface area contributed by atoms with Crippen molar-refractivity contribution in [3.8, 4) is 11.5 Å². The van der Waals surface area contributed by atoms with Gasteiger partial charge in [-0.05, 0) is 49.2 Å². The predicted octanol–water partition coefficient (Wildman–Crippen LogP) is 3.13. The zero-order chi connectivity index (χ0) is 18.5. The van der Waals surface area contributed by atoms with Crippen molar-refractivity contribution in [3.63, 3.8) is 0 Å². The van der Waals surface area contributed by atoms with Crippen molar-refractivity contribution in [3.05, 3.63) is 59.7 Å². The van der Waals surface area contributed by atoms with E-state index >= 15 is 0 Å². The third-order valence-electron chi connectivity index (χ3n) is 5.15. The van der Waals surface area contributed by atoms with Gasteiger partial charge in [0.2, 0.25) is 6.10 Å². The summed E-state index contributed by atoms with van der Waals surface area (Å²) in [6.45, 7) is 4.13. The van der Waals surface area contributed by atoms with E-state index in [-0.39, 0.29) is 12.5 Å². The Hall–Kier alpha value is -2.53. The van der Waals surface area contributed by atoms with Crippen LogP contribution in [-0.2, 0) is 17.9 Å². The van der Waals surface area contributed by atoms with Gasteiger partial charge in [0.25, 0.3) is 5.91 Å². The highest BCUT2D eigenvalue weighted by Crippen LogP contribution is 2.30. The van der Waals surface area contributed by atoms with Crippen molar-refractivity contribution in [1.29, 1.82) is 0 Å². The van der Waals surface area contributed by atoms with Gasteiger partial charge in [0.05, 0.1) is 0 Å². The second-order valence-corrected chi connectivity index (χ2v) is 7.24. The number of para-hydroxylation sites is 2. The van der Waals surface area contributed by atoms with E-state index < -0.39 is 6.10 Å². The average Bonchev–Trinajstić information content (AvgIpc) is 2.73. The molecule has 0 unspecified atom stereocenters. The summed E-state index contributed by atoms with van der Waals surface area (Å²) in [6.07, 6.45) is 3.36. The molecule has 142 valence electrons. The van der Waals surface area contributed by atoms with Crippen molar-refractivity contribution in [2.75, 3.05) is 19.7 Å². The molecule has 5 nitrogen and oxygen atoms in total. The van der Waals surface area contributed by atoms with E-state index in [0.29, 0.717) is 18.0 Å². The minimum absolute atomic E-state index is 0.151. The topological polar surface area (TPSA) is 50.8 Å². The molecule has 0 aromatic heterocycles. The van der Waals surface area contributed by atoms with Crippen LogP contribution in [0.2, 0.25) is 0 Å². The number of nitrogens with one attached hydrogen (secondary N) is 1. The highest BCUT2D eigenvalue weighted by Gasteiger charge is 2.26. The van der Waals surface area contributed by atoms with Crippen molar-refractivity contribution in [2.24, 2.45) is 0 Å². The lowest BCUT2D eigenvalue weighted by Crippen LogP contribution is -2.43. The number of benzene rings is 2. The maximum absolute atomic E-state index is 12.4. The van der Waals surface area contributed by atoms with Gasteiger partial charge in [-0.15, -0.1) is 0 Å². The van der Waals surface area contributed by atoms with Crippen LogP contribution in [0.3, 0.4) is 0 Å². The number of likely N-dealkylation sites (tertiary alicyclic amines) is 1. The molecule has 1 saturated heterocycles. The maximum Gasteiger partial charge on any atom is 0.264 e. The van der Waals surface area contributed by atoms with E-state index in [0.717, 1.165) is 12.1 Å². The van der Waals surface area contributed by atoms with Gasteiger partial charge in [-0.2, -0.15) is 0 Å². The summed E-state index contributed by atoms with van der Waals surface area (Å²) in [5.41, 5.74) is 2.41. The molecule has 27 heavy (non-hydrogen) atoms. The summed E-state index contributed by atoms with van der Waals surface area (Å²) >= 11 is 0. The summed E-state index contributed by atoms with van der Waals surface area (Å²) in [4.78, 5) is 14.9. The van der Waals surface area contributed by atoms with Gasteiger partial charge >= 0.3 is 0 Å². The molecule has 0 spiro atoms. The first-order valence-corrected chi connectivity index (χ1v) is 9.74. The van der Waals surface area contributed by atoms with Crippen molar-refractivity contribution < 1.29 is 14.3 Å². The number of fused-ring (bicyclic) bond motifs is 1. The highest BCUT2D eigenvalue weighted by molar-refractivity contribution is 5.81. The van der Waals surface area contributed by atoms with Crippen LogP contribution in [0, 0.1) is 0 Å². The number of nitrogens with zero attached hydrogens (tertiary/aromatic N) is 1. The molecule has 2 aromatic rings. The number of carbonyl (C=O) groups is 1. The summed E-state index contributed by atoms with van der Waals surface area (Å²) in [5, 5.41) is 2.95. The Labute approximate surface area is 160 Å². The maximum atomic E-state index is 12.4. The molecule has 1 atom stereocenters. The zero-order valence-electron chi connectivity index (χ0n) is 15.5. The second kappa shape index (κ2) is 8.44. The van der Waals surface area contributed by atoms with E-state index in [4.69, 9.17) is 9.47 Å². The lowest BCUT2D eigenvalue weighted by molar-refractivity contribution is -0.130. The number of piperidine rings is 1. The van der Waals surface area contributed by atoms with Crippen molar-refractivity contribution >= 4 is 5.91 Å². The summed E-state index contributed by atoms with van der Waals surface area (Å²) < 4.78 is 11.3. The van der Waals surface area contributed by atoms with E-state index in [9.17, 15) is 4.79 Å². The van der Waals surface area contributed by atoms with Crippen LogP contribution in [0.5, 0.6) is 11.5 Å². The van der Waals surface area contributed by atoms with Gasteiger partial charge in [-0.3, -0.25) is 9.69 Å². The fourth-order valence-electron chi connectivity index (χ4n) is 3.59. The smallest absolute Gasteiger partial charge is 0.264 e. The largest absolute Gasteiger partial charge is 0.485 e. The third-order valence-corrected chi connectivity index (χ3v) is 5.15. The molecule has 1 amide bonds. The Morgan fingerprint density at radius 3 is 2.44 bits per heavy atom. The van der Waals surface area contributed by atoms with E-state index in [1.807, 2.05) is 24.3 Å². The minimum atomic E-state index is -0.613. The number of carbonyl (C=O) groups excluding carboxylic acids is 1. The van der Waals surface area contributed by atoms with Crippen molar-refractivity contribution in [1.82, 2.24) is 10.2 Å². The Bertz CT molecular complexity index is 769. The number of rotatable bonds is 5. The highest BCUT2D eigenvalue weighted by atomic mass is 16.6. The van der Waals surface area contributed by atoms with Crippen LogP contribution in [-0.4, -0.2) is 36.6 Å². The molecule has 0 saturated carbocycles. The fourth-order valence-corrected chi connectivity index (χ4v) is 3.59. The average molecular weight is 366 g/mol. The first kappa shape index (κ1) is 17.9. The van der Waals surface area contributed by atoms with E-state index in [1.54, 1.807) is 0 Å². The molecule has 4 rings (SSSR count). The van der Waals surface area contributed by atoms with Gasteiger partial charge < -0.3 is 14.8 Å². The molecule has 0 aliphatic carbocycles. The van der Waals surface area contributed by atoms with Crippen LogP contribution in [0.1, 0.15) is 30.4 Å². The standard InChI is InChI=1S/C22H26N2O3/c25-22(21-16-26-19-6-2-3-7-20(19)27-21)23-14-17-8-10-18(11-9-17)15-24-12-4-1-5-13-24/h2-3,6-11,21H,1,4-5,12-16H2,(H,23,25)/t21-/m0/s1. The van der Waals surface area contributed by atoms with E-state index in [1.165, 1.54) is 37.9 Å². The van der Waals surface area contributed by atoms with Gasteiger partial charge in [-0.1, -0.05) is 42.8 Å². The molecule has 0 bridgehead atoms. The molecule has 2 aromatic carbocycles. The summed E-state index contributed by atoms with van der Waals surface area (Å²) in [7, 11) is 0. The molecule has 1 fully saturated rings. The summed E-state index contributed by atoms with van der Waals surface area (Å²) in [6, 6.07) is 15.9. The molecule has 5 heteroatoms. The quantitative estimate of drug-likeness (QED) is 0.883. The van der Waals surface area contributed by atoms with Gasteiger partial charge in [0.15, 0.2) is 11.5 Å². The van der Waals surface area contributed by atoms with Crippen LogP contribution < -0.4 is 14.8 Å². The Balaban J connectivity index is 1.26. The number of ether oxygens (including phenoxy) is 2. The lowest BCUT2D eigenvalue weighted by atomic mass is 10.1. The van der Waals surface area contributed by atoms with Crippen LogP contribution >= 0.6 is 0 Å². The normalized spacial score (nSPS) is 19.5. The van der Waals surface area contributed by atoms with Crippen LogP contribution in [0.25, 0.3) is 0 Å². The molecule has 2 heterocycles. The van der Waals surface area contributed by atoms with Gasteiger partial charge in [-0.25, -0.2) is 0 Å². The fraction of sp³-hybridized carbons (Fsp3) is 0.409. The molecule has 2 aliphatic rings. The SMILES string of the molecule is O=C(NCc1ccc(CN2CCCCC2)cc1)[C@@H]1COc2ccccc2O1. The minimum Gasteiger partial charge on any atom is -0.485 e. The number of hydrogen-bond acceptors (Lipinski definition) is 4. The van der Waals surface area contributed by atoms with Crippen molar-refractivity contribution in [2.45, 2.75) is 38.5 Å². The molecule has 0 radical (unpaired) electrons. The molecular formula is C22H26N2O3. The van der Waals surface area contributed by atoms with Crippen LogP contribution in [0.4, 0.5) is 0 Å². The number of amides is 1. The summed E-state index contributed by atoms with van der Waals surface area (Å²) in [5.74, 6) is 1.15. The molecule has 2 aliphatic heterocycles. The lowest BCUT2D eigenvalue weighted by Gasteiger charge is -2.26. The Morgan fingerprint density at radius 2 is 1.67 bits per heavy atom. The second-order valence-electron chi connectivity index (χ2n) is 7.24. The first-order valence-electron chi connectivity index (χ1n) is 9.74. The zero-order valence-corrected chi connectivity index (χ0v) is 15.5. The Morgan fingerprint density at radius 1 is 0.963 bits per heavy atom. The van der Waals surface area contributed by atoms with Crippen LogP contribution in [0.15, 0.2) is 48.5 Å². The predicted molar refractivity (Wildman–Crippen MR) is 104 cm³/mol. The first-order chi connectivity index (χ1) is 13.3. The monoisotopic (exact) mass is 366 g/mol. The van der Waals surface area contributed by atoms with Gasteiger partial charge in [0, 0.05) is 13.1 Å². The molecular weight excluding hydrogens is 340 g/mol. The Kier molecular flexibility index (Phi) is 5.58. The molecule has 1 N–H and O–H groups in total. The third kappa shape index (κ3) is 4.61.